The third-order valence-electron chi connectivity index (χ3n) is 3.17. The van der Waals surface area contributed by atoms with Crippen molar-refractivity contribution in [1.82, 2.24) is 15.0 Å². The molecule has 1 atom stereocenters. The molecule has 1 aromatic heterocycles. The van der Waals surface area contributed by atoms with E-state index in [2.05, 4.69) is 20.3 Å². The number of rotatable bonds is 5. The van der Waals surface area contributed by atoms with Crippen LogP contribution in [0.5, 0.6) is 0 Å². The van der Waals surface area contributed by atoms with Crippen molar-refractivity contribution in [1.29, 1.82) is 0 Å². The lowest BCUT2D eigenvalue weighted by Gasteiger charge is -2.27. The van der Waals surface area contributed by atoms with Crippen LogP contribution in [-0.2, 0) is 4.74 Å². The molecular formula is C12H22N6O2. The Morgan fingerprint density at radius 1 is 1.30 bits per heavy atom. The van der Waals surface area contributed by atoms with Gasteiger partial charge < -0.3 is 25.8 Å². The average molecular weight is 282 g/mol. The number of nitrogens with two attached hydrogens (primary N) is 1. The first-order chi connectivity index (χ1) is 9.56. The molecule has 1 aliphatic rings. The molecule has 0 radical (unpaired) electrons. The zero-order valence-corrected chi connectivity index (χ0v) is 11.9. The van der Waals surface area contributed by atoms with Crippen LogP contribution in [0.25, 0.3) is 0 Å². The minimum Gasteiger partial charge on any atom is -0.391 e. The number of aliphatic hydroxyl groups excluding tert-OH is 1. The molecule has 1 fully saturated rings. The highest BCUT2D eigenvalue weighted by Crippen LogP contribution is 2.13. The standard InChI is InChI=1S/C12H22N6O2/c1-8(2)9(19)7-14-11-15-10(13)16-12(17-11)18-3-5-20-6-4-18/h8-9,19H,3-7H2,1-2H3,(H3,13,14,15,16,17). The Balaban J connectivity index is 2.04. The average Bonchev–Trinajstić information content (AvgIpc) is 2.45. The van der Waals surface area contributed by atoms with Gasteiger partial charge in [0.05, 0.1) is 19.3 Å². The van der Waals surface area contributed by atoms with Gasteiger partial charge in [-0.25, -0.2) is 0 Å². The van der Waals surface area contributed by atoms with Crippen molar-refractivity contribution in [3.8, 4) is 0 Å². The van der Waals surface area contributed by atoms with E-state index >= 15 is 0 Å². The molecule has 1 unspecified atom stereocenters. The van der Waals surface area contributed by atoms with Crippen molar-refractivity contribution in [3.05, 3.63) is 0 Å². The zero-order chi connectivity index (χ0) is 14.5. The number of nitrogens with one attached hydrogen (secondary N) is 1. The van der Waals surface area contributed by atoms with Crippen molar-refractivity contribution in [2.45, 2.75) is 20.0 Å². The Bertz CT molecular complexity index is 436. The molecule has 0 saturated carbocycles. The van der Waals surface area contributed by atoms with Crippen LogP contribution in [0, 0.1) is 5.92 Å². The predicted molar refractivity (Wildman–Crippen MR) is 76.6 cm³/mol. The Morgan fingerprint density at radius 2 is 2.00 bits per heavy atom. The molecule has 8 nitrogen and oxygen atoms in total. The molecule has 2 rings (SSSR count). The highest BCUT2D eigenvalue weighted by Gasteiger charge is 2.16. The number of morpholine rings is 1. The van der Waals surface area contributed by atoms with Crippen LogP contribution in [0.4, 0.5) is 17.8 Å². The largest absolute Gasteiger partial charge is 0.391 e. The van der Waals surface area contributed by atoms with Crippen LogP contribution in [0.1, 0.15) is 13.8 Å². The summed E-state index contributed by atoms with van der Waals surface area (Å²) in [5.74, 6) is 1.27. The number of aliphatic hydroxyl groups is 1. The van der Waals surface area contributed by atoms with Crippen LogP contribution in [-0.4, -0.2) is 59.0 Å². The zero-order valence-electron chi connectivity index (χ0n) is 11.9. The fourth-order valence-electron chi connectivity index (χ4n) is 1.80. The molecule has 8 heteroatoms. The van der Waals surface area contributed by atoms with Crippen LogP contribution in [0.15, 0.2) is 0 Å². The van der Waals surface area contributed by atoms with Gasteiger partial charge in [-0.1, -0.05) is 13.8 Å². The summed E-state index contributed by atoms with van der Waals surface area (Å²) in [6, 6.07) is 0. The minimum atomic E-state index is -0.458. The maximum atomic E-state index is 9.78. The van der Waals surface area contributed by atoms with Gasteiger partial charge in [-0.3, -0.25) is 0 Å². The van der Waals surface area contributed by atoms with Crippen LogP contribution >= 0.6 is 0 Å². The summed E-state index contributed by atoms with van der Waals surface area (Å²) in [7, 11) is 0. The summed E-state index contributed by atoms with van der Waals surface area (Å²) < 4.78 is 5.29. The van der Waals surface area contributed by atoms with E-state index < -0.39 is 6.10 Å². The Kier molecular flexibility index (Phi) is 4.91. The normalized spacial score (nSPS) is 17.3. The number of aromatic nitrogens is 3. The van der Waals surface area contributed by atoms with Crippen molar-refractivity contribution in [2.24, 2.45) is 5.92 Å². The highest BCUT2D eigenvalue weighted by atomic mass is 16.5. The molecule has 20 heavy (non-hydrogen) atoms. The molecule has 0 amide bonds. The summed E-state index contributed by atoms with van der Waals surface area (Å²) in [4.78, 5) is 14.5. The summed E-state index contributed by atoms with van der Waals surface area (Å²) in [6.07, 6.45) is -0.458. The second kappa shape index (κ2) is 6.67. The number of nitrogen functional groups attached to an aromatic ring is 1. The van der Waals surface area contributed by atoms with Crippen LogP contribution in [0.3, 0.4) is 0 Å². The third kappa shape index (κ3) is 3.91. The fourth-order valence-corrected chi connectivity index (χ4v) is 1.80. The molecule has 1 saturated heterocycles. The number of anilines is 3. The number of hydrogen-bond donors (Lipinski definition) is 3. The van der Waals surface area contributed by atoms with Crippen molar-refractivity contribution < 1.29 is 9.84 Å². The van der Waals surface area contributed by atoms with E-state index in [1.54, 1.807) is 0 Å². The molecule has 0 bridgehead atoms. The number of nitrogens with zero attached hydrogens (tertiary/aromatic N) is 4. The maximum Gasteiger partial charge on any atom is 0.232 e. The van der Waals surface area contributed by atoms with Gasteiger partial charge in [0, 0.05) is 19.6 Å². The Labute approximate surface area is 118 Å². The monoisotopic (exact) mass is 282 g/mol. The summed E-state index contributed by atoms with van der Waals surface area (Å²) >= 11 is 0. The molecule has 0 aromatic carbocycles. The summed E-state index contributed by atoms with van der Waals surface area (Å²) in [6.45, 7) is 7.06. The number of hydrogen-bond acceptors (Lipinski definition) is 8. The van der Waals surface area contributed by atoms with E-state index in [1.807, 2.05) is 18.7 Å². The van der Waals surface area contributed by atoms with Crippen LogP contribution < -0.4 is 16.0 Å². The Hall–Kier alpha value is -1.67. The quantitative estimate of drug-likeness (QED) is 0.676. The van der Waals surface area contributed by atoms with Crippen molar-refractivity contribution in [2.75, 3.05) is 48.8 Å². The van der Waals surface area contributed by atoms with Gasteiger partial charge >= 0.3 is 0 Å². The van der Waals surface area contributed by atoms with Gasteiger partial charge in [-0.15, -0.1) is 0 Å². The maximum absolute atomic E-state index is 9.78. The lowest BCUT2D eigenvalue weighted by Crippen LogP contribution is -2.37. The van der Waals surface area contributed by atoms with Gasteiger partial charge in [0.25, 0.3) is 0 Å². The van der Waals surface area contributed by atoms with E-state index in [4.69, 9.17) is 10.5 Å². The highest BCUT2D eigenvalue weighted by molar-refractivity contribution is 5.42. The topological polar surface area (TPSA) is 109 Å². The second-order valence-corrected chi connectivity index (χ2v) is 5.11. The molecule has 2 heterocycles. The molecule has 0 spiro atoms. The molecule has 4 N–H and O–H groups in total. The first kappa shape index (κ1) is 14.7. The van der Waals surface area contributed by atoms with E-state index in [-0.39, 0.29) is 11.9 Å². The molecule has 1 aromatic rings. The van der Waals surface area contributed by atoms with Crippen molar-refractivity contribution in [3.63, 3.8) is 0 Å². The molecule has 112 valence electrons. The van der Waals surface area contributed by atoms with Crippen LogP contribution in [0.2, 0.25) is 0 Å². The summed E-state index contributed by atoms with van der Waals surface area (Å²) in [5, 5.41) is 12.8. The van der Waals surface area contributed by atoms with E-state index in [9.17, 15) is 5.11 Å². The molecular weight excluding hydrogens is 260 g/mol. The molecule has 1 aliphatic heterocycles. The SMILES string of the molecule is CC(C)C(O)CNc1nc(N)nc(N2CCOCC2)n1. The molecule has 0 aliphatic carbocycles. The lowest BCUT2D eigenvalue weighted by molar-refractivity contribution is 0.122. The van der Waals surface area contributed by atoms with Gasteiger partial charge in [0.1, 0.15) is 0 Å². The van der Waals surface area contributed by atoms with E-state index in [0.29, 0.717) is 31.7 Å². The van der Waals surface area contributed by atoms with Crippen molar-refractivity contribution >= 4 is 17.8 Å². The van der Waals surface area contributed by atoms with Gasteiger partial charge in [-0.05, 0) is 5.92 Å². The van der Waals surface area contributed by atoms with Gasteiger partial charge in [0.15, 0.2) is 0 Å². The minimum absolute atomic E-state index is 0.167. The lowest BCUT2D eigenvalue weighted by atomic mass is 10.1. The second-order valence-electron chi connectivity index (χ2n) is 5.11. The van der Waals surface area contributed by atoms with E-state index in [1.165, 1.54) is 0 Å². The first-order valence-corrected chi connectivity index (χ1v) is 6.82. The number of ether oxygens (including phenoxy) is 1. The first-order valence-electron chi connectivity index (χ1n) is 6.82. The van der Waals surface area contributed by atoms with E-state index in [0.717, 1.165) is 13.1 Å². The van der Waals surface area contributed by atoms with Gasteiger partial charge in [-0.2, -0.15) is 15.0 Å². The third-order valence-corrected chi connectivity index (χ3v) is 3.17. The smallest absolute Gasteiger partial charge is 0.232 e. The fraction of sp³-hybridized carbons (Fsp3) is 0.750. The van der Waals surface area contributed by atoms with Gasteiger partial charge in [0.2, 0.25) is 17.8 Å². The predicted octanol–water partition coefficient (Wildman–Crippen LogP) is -0.281. The Morgan fingerprint density at radius 3 is 2.65 bits per heavy atom. The summed E-state index contributed by atoms with van der Waals surface area (Å²) in [5.41, 5.74) is 5.71.